The molecule has 2 rings (SSSR count). The zero-order chi connectivity index (χ0) is 15.2. The molecule has 0 heterocycles. The lowest BCUT2D eigenvalue weighted by Gasteiger charge is -2.09. The van der Waals surface area contributed by atoms with Crippen LogP contribution in [0.3, 0.4) is 0 Å². The molecule has 3 heteroatoms. The summed E-state index contributed by atoms with van der Waals surface area (Å²) in [6.45, 7) is 7.35. The van der Waals surface area contributed by atoms with E-state index in [4.69, 9.17) is 27.9 Å². The van der Waals surface area contributed by atoms with E-state index in [9.17, 15) is 0 Å². The van der Waals surface area contributed by atoms with Crippen LogP contribution >= 0.6 is 23.2 Å². The Hall–Kier alpha value is -1.70. The van der Waals surface area contributed by atoms with Gasteiger partial charge >= 0.3 is 0 Å². The maximum atomic E-state index is 6.08. The van der Waals surface area contributed by atoms with Crippen molar-refractivity contribution in [2.45, 2.75) is 10.8 Å². The number of rotatable bonds is 6. The van der Waals surface area contributed by atoms with Crippen LogP contribution in [0.2, 0.25) is 0 Å². The first-order valence-corrected chi connectivity index (χ1v) is 7.42. The monoisotopic (exact) mass is 318 g/mol. The van der Waals surface area contributed by atoms with E-state index in [0.717, 1.165) is 22.6 Å². The summed E-state index contributed by atoms with van der Waals surface area (Å²) >= 11 is 12.2. The van der Waals surface area contributed by atoms with Crippen LogP contribution in [0.15, 0.2) is 73.8 Å². The Morgan fingerprint density at radius 1 is 0.714 bits per heavy atom. The number of allylic oxidation sites excluding steroid dienone is 2. The van der Waals surface area contributed by atoms with Crippen molar-refractivity contribution >= 4 is 23.2 Å². The largest absolute Gasteiger partial charge is 0.457 e. The van der Waals surface area contributed by atoms with Crippen LogP contribution in [0.5, 0.6) is 11.5 Å². The Morgan fingerprint density at radius 3 is 1.33 bits per heavy atom. The van der Waals surface area contributed by atoms with Gasteiger partial charge in [-0.3, -0.25) is 0 Å². The van der Waals surface area contributed by atoms with Crippen LogP contribution < -0.4 is 4.74 Å². The zero-order valence-electron chi connectivity index (χ0n) is 11.5. The van der Waals surface area contributed by atoms with Gasteiger partial charge in [0.2, 0.25) is 0 Å². The lowest BCUT2D eigenvalue weighted by molar-refractivity contribution is 0.482. The summed E-state index contributed by atoms with van der Waals surface area (Å²) in [7, 11) is 0. The van der Waals surface area contributed by atoms with Gasteiger partial charge < -0.3 is 4.74 Å². The topological polar surface area (TPSA) is 9.23 Å². The maximum Gasteiger partial charge on any atom is 0.127 e. The fraction of sp³-hybridized carbons (Fsp3) is 0.111. The first-order chi connectivity index (χ1) is 10.1. The normalized spacial score (nSPS) is 13.2. The number of alkyl halides is 2. The summed E-state index contributed by atoms with van der Waals surface area (Å²) in [6, 6.07) is 15.2. The van der Waals surface area contributed by atoms with Crippen molar-refractivity contribution in [3.63, 3.8) is 0 Å². The minimum Gasteiger partial charge on any atom is -0.457 e. The van der Waals surface area contributed by atoms with E-state index < -0.39 is 0 Å². The van der Waals surface area contributed by atoms with E-state index in [0.29, 0.717) is 0 Å². The maximum absolute atomic E-state index is 6.08. The van der Waals surface area contributed by atoms with Crippen molar-refractivity contribution < 1.29 is 4.74 Å². The molecule has 0 saturated carbocycles. The molecular formula is C18H16Cl2O. The van der Waals surface area contributed by atoms with Gasteiger partial charge in [-0.15, -0.1) is 36.4 Å². The smallest absolute Gasteiger partial charge is 0.127 e. The Balaban J connectivity index is 2.07. The summed E-state index contributed by atoms with van der Waals surface area (Å²) < 4.78 is 5.78. The minimum absolute atomic E-state index is 0.183. The molecule has 0 saturated heterocycles. The molecule has 108 valence electrons. The molecule has 0 fully saturated rings. The predicted octanol–water partition coefficient (Wildman–Crippen LogP) is 6.41. The van der Waals surface area contributed by atoms with Crippen LogP contribution in [-0.4, -0.2) is 0 Å². The van der Waals surface area contributed by atoms with Crippen molar-refractivity contribution in [2.75, 3.05) is 0 Å². The average Bonchev–Trinajstić information content (AvgIpc) is 2.55. The molecule has 0 aliphatic carbocycles. The standard InChI is InChI=1S/C18H16Cl2O/c1-3-17(19)13-5-9-15(10-6-13)21-16-11-7-14(8-12-16)18(20)4-2/h3-12,17-18H,1-2H2. The van der Waals surface area contributed by atoms with Crippen molar-refractivity contribution in [2.24, 2.45) is 0 Å². The minimum atomic E-state index is -0.183. The summed E-state index contributed by atoms with van der Waals surface area (Å²) in [4.78, 5) is 0. The van der Waals surface area contributed by atoms with E-state index in [1.54, 1.807) is 12.2 Å². The van der Waals surface area contributed by atoms with Gasteiger partial charge in [-0.05, 0) is 35.4 Å². The zero-order valence-corrected chi connectivity index (χ0v) is 13.0. The van der Waals surface area contributed by atoms with Gasteiger partial charge in [0.1, 0.15) is 11.5 Å². The number of ether oxygens (including phenoxy) is 1. The third-order valence-electron chi connectivity index (χ3n) is 3.05. The second kappa shape index (κ2) is 7.35. The second-order valence-electron chi connectivity index (χ2n) is 4.52. The molecule has 21 heavy (non-hydrogen) atoms. The highest BCUT2D eigenvalue weighted by Crippen LogP contribution is 2.28. The highest BCUT2D eigenvalue weighted by atomic mass is 35.5. The molecule has 2 aromatic carbocycles. The van der Waals surface area contributed by atoms with E-state index in [2.05, 4.69) is 13.2 Å². The summed E-state index contributed by atoms with van der Waals surface area (Å²) in [5, 5.41) is -0.365. The van der Waals surface area contributed by atoms with Crippen LogP contribution in [0.1, 0.15) is 21.9 Å². The third kappa shape index (κ3) is 4.13. The van der Waals surface area contributed by atoms with Crippen molar-refractivity contribution in [3.8, 4) is 11.5 Å². The van der Waals surface area contributed by atoms with Crippen molar-refractivity contribution in [3.05, 3.63) is 85.0 Å². The summed E-state index contributed by atoms with van der Waals surface area (Å²) in [6.07, 6.45) is 3.39. The number of benzene rings is 2. The Labute approximate surface area is 135 Å². The fourth-order valence-corrected chi connectivity index (χ4v) is 2.14. The lowest BCUT2D eigenvalue weighted by Crippen LogP contribution is -1.89. The van der Waals surface area contributed by atoms with Gasteiger partial charge in [-0.2, -0.15) is 0 Å². The van der Waals surface area contributed by atoms with E-state index in [-0.39, 0.29) is 10.8 Å². The molecule has 0 amide bonds. The Kier molecular flexibility index (Phi) is 5.49. The molecule has 0 aromatic heterocycles. The summed E-state index contributed by atoms with van der Waals surface area (Å²) in [5.41, 5.74) is 1.98. The first-order valence-electron chi connectivity index (χ1n) is 6.55. The van der Waals surface area contributed by atoms with Gasteiger partial charge in [-0.25, -0.2) is 0 Å². The molecule has 2 atom stereocenters. The van der Waals surface area contributed by atoms with Crippen molar-refractivity contribution in [1.82, 2.24) is 0 Å². The predicted molar refractivity (Wildman–Crippen MR) is 90.5 cm³/mol. The van der Waals surface area contributed by atoms with E-state index in [1.807, 2.05) is 48.5 Å². The van der Waals surface area contributed by atoms with Gasteiger partial charge in [0.05, 0.1) is 10.8 Å². The second-order valence-corrected chi connectivity index (χ2v) is 5.46. The van der Waals surface area contributed by atoms with E-state index in [1.165, 1.54) is 0 Å². The molecule has 0 N–H and O–H groups in total. The van der Waals surface area contributed by atoms with Gasteiger partial charge in [0, 0.05) is 0 Å². The quantitative estimate of drug-likeness (QED) is 0.441. The number of halogens is 2. The van der Waals surface area contributed by atoms with Crippen LogP contribution in [0.25, 0.3) is 0 Å². The Bertz CT molecular complexity index is 547. The number of hydrogen-bond donors (Lipinski definition) is 0. The van der Waals surface area contributed by atoms with Gasteiger partial charge in [-0.1, -0.05) is 36.4 Å². The molecule has 0 bridgehead atoms. The lowest BCUT2D eigenvalue weighted by atomic mass is 10.1. The average molecular weight is 319 g/mol. The molecule has 0 spiro atoms. The highest BCUT2D eigenvalue weighted by Gasteiger charge is 2.05. The van der Waals surface area contributed by atoms with Crippen LogP contribution in [-0.2, 0) is 0 Å². The van der Waals surface area contributed by atoms with Crippen LogP contribution in [0.4, 0.5) is 0 Å². The fourth-order valence-electron chi connectivity index (χ4n) is 1.85. The molecule has 2 aromatic rings. The molecule has 0 aliphatic rings. The van der Waals surface area contributed by atoms with Crippen LogP contribution in [0, 0.1) is 0 Å². The third-order valence-corrected chi connectivity index (χ3v) is 3.91. The molecular weight excluding hydrogens is 303 g/mol. The highest BCUT2D eigenvalue weighted by molar-refractivity contribution is 6.22. The van der Waals surface area contributed by atoms with Crippen molar-refractivity contribution in [1.29, 1.82) is 0 Å². The van der Waals surface area contributed by atoms with Gasteiger partial charge in [0.15, 0.2) is 0 Å². The Morgan fingerprint density at radius 2 is 1.05 bits per heavy atom. The number of hydrogen-bond acceptors (Lipinski definition) is 1. The van der Waals surface area contributed by atoms with Gasteiger partial charge in [0.25, 0.3) is 0 Å². The molecule has 2 unspecified atom stereocenters. The first kappa shape index (κ1) is 15.7. The molecule has 0 radical (unpaired) electrons. The summed E-state index contributed by atoms with van der Waals surface area (Å²) in [5.74, 6) is 1.51. The SMILES string of the molecule is C=CC(Cl)c1ccc(Oc2ccc(C(Cl)C=C)cc2)cc1. The molecule has 0 aliphatic heterocycles. The molecule has 1 nitrogen and oxygen atoms in total. The van der Waals surface area contributed by atoms with E-state index >= 15 is 0 Å².